The van der Waals surface area contributed by atoms with Gasteiger partial charge in [-0.05, 0) is 18.2 Å². The van der Waals surface area contributed by atoms with E-state index in [9.17, 15) is 40.7 Å². The van der Waals surface area contributed by atoms with Crippen LogP contribution in [0.5, 0.6) is 11.5 Å². The Balaban J connectivity index is 1.85. The topological polar surface area (TPSA) is 103 Å². The van der Waals surface area contributed by atoms with E-state index in [1.807, 2.05) is 5.32 Å². The molecule has 0 unspecified atom stereocenters. The number of nitrogens with zero attached hydrogens (tertiary/aromatic N) is 1. The van der Waals surface area contributed by atoms with E-state index in [1.54, 1.807) is 0 Å². The minimum absolute atomic E-state index is 0.0185. The van der Waals surface area contributed by atoms with Gasteiger partial charge < -0.3 is 10.5 Å². The number of benzene rings is 2. The summed E-state index contributed by atoms with van der Waals surface area (Å²) < 4.78 is 86.7. The van der Waals surface area contributed by atoms with Gasteiger partial charge in [0.2, 0.25) is 0 Å². The van der Waals surface area contributed by atoms with E-state index < -0.39 is 80.2 Å². The van der Waals surface area contributed by atoms with E-state index in [4.69, 9.17) is 22.1 Å². The van der Waals surface area contributed by atoms with Crippen LogP contribution in [-0.4, -0.2) is 16.4 Å². The van der Waals surface area contributed by atoms with Crippen molar-refractivity contribution >= 4 is 29.2 Å². The summed E-state index contributed by atoms with van der Waals surface area (Å²) in [6.07, 6.45) is -5.04. The number of aromatic nitrogens is 1. The van der Waals surface area contributed by atoms with E-state index in [0.29, 0.717) is 16.7 Å². The predicted octanol–water partition coefficient (Wildman–Crippen LogP) is 4.19. The van der Waals surface area contributed by atoms with Crippen LogP contribution in [-0.2, 0) is 6.18 Å². The van der Waals surface area contributed by atoms with Gasteiger partial charge in [-0.25, -0.2) is 13.2 Å². The zero-order valence-corrected chi connectivity index (χ0v) is 16.9. The maximum Gasteiger partial charge on any atom is 0.416 e. The zero-order chi connectivity index (χ0) is 25.1. The van der Waals surface area contributed by atoms with Crippen LogP contribution in [0.25, 0.3) is 5.69 Å². The number of nitrogens with two attached hydrogens (primary N) is 1. The Bertz CT molecular complexity index is 1450. The number of hydrogen-bond donors (Lipinski definition) is 2. The molecule has 34 heavy (non-hydrogen) atoms. The molecule has 7 nitrogen and oxygen atoms in total. The maximum absolute atomic E-state index is 14.7. The summed E-state index contributed by atoms with van der Waals surface area (Å²) in [5, 5.41) is 1.34. The molecule has 176 valence electrons. The fourth-order valence-electron chi connectivity index (χ4n) is 3.23. The van der Waals surface area contributed by atoms with Gasteiger partial charge in [0.1, 0.15) is 17.4 Å². The second-order valence-electron chi connectivity index (χ2n) is 6.88. The largest absolute Gasteiger partial charge is 0.450 e. The van der Waals surface area contributed by atoms with Crippen molar-refractivity contribution in [3.63, 3.8) is 0 Å². The number of imide groups is 1. The standard InChI is InChI=1S/C20H8ClF6N3O4/c21-8-4-9(22)12(30-14(31)3-7-15(17(30)28)19(33)29-18(7)32)5-13(8)34-16-10(23)1-6(2-11(16)24)20(25,26)27/h1-5H,28H2,(H,29,32,33). The first-order valence-electron chi connectivity index (χ1n) is 8.94. The minimum atomic E-state index is -5.04. The number of rotatable bonds is 3. The summed E-state index contributed by atoms with van der Waals surface area (Å²) in [5.74, 6) is -9.10. The molecule has 0 saturated heterocycles. The molecule has 3 N–H and O–H groups in total. The summed E-state index contributed by atoms with van der Waals surface area (Å²) in [6, 6.07) is 1.95. The number of anilines is 1. The fourth-order valence-corrected chi connectivity index (χ4v) is 3.42. The number of hydrogen-bond acceptors (Lipinski definition) is 5. The normalized spacial score (nSPS) is 13.1. The molecular formula is C20H8ClF6N3O4. The lowest BCUT2D eigenvalue weighted by Crippen LogP contribution is -2.24. The molecule has 4 rings (SSSR count). The number of nitrogens with one attached hydrogen (secondary N) is 1. The molecule has 0 radical (unpaired) electrons. The highest BCUT2D eigenvalue weighted by Crippen LogP contribution is 2.39. The number of amides is 2. The molecule has 0 aliphatic carbocycles. The van der Waals surface area contributed by atoms with Gasteiger partial charge in [0.05, 0.1) is 27.4 Å². The minimum Gasteiger partial charge on any atom is -0.450 e. The van der Waals surface area contributed by atoms with Crippen LogP contribution in [0.3, 0.4) is 0 Å². The van der Waals surface area contributed by atoms with E-state index >= 15 is 0 Å². The quantitative estimate of drug-likeness (QED) is 0.412. The van der Waals surface area contributed by atoms with E-state index in [1.165, 1.54) is 0 Å². The van der Waals surface area contributed by atoms with Crippen molar-refractivity contribution < 1.29 is 40.7 Å². The van der Waals surface area contributed by atoms with Crippen molar-refractivity contribution in [1.29, 1.82) is 0 Å². The van der Waals surface area contributed by atoms with Crippen LogP contribution in [0, 0.1) is 17.5 Å². The lowest BCUT2D eigenvalue weighted by atomic mass is 10.1. The highest BCUT2D eigenvalue weighted by molar-refractivity contribution is 6.32. The van der Waals surface area contributed by atoms with Gasteiger partial charge in [-0.2, -0.15) is 13.2 Å². The molecule has 0 saturated carbocycles. The fraction of sp³-hybridized carbons (Fsp3) is 0.0500. The molecule has 2 amide bonds. The first-order chi connectivity index (χ1) is 15.8. The summed E-state index contributed by atoms with van der Waals surface area (Å²) in [6.45, 7) is 0. The molecular weight excluding hydrogens is 496 g/mol. The number of nitrogen functional groups attached to an aromatic ring is 1. The van der Waals surface area contributed by atoms with Crippen LogP contribution in [0.4, 0.5) is 32.2 Å². The Morgan fingerprint density at radius 2 is 1.53 bits per heavy atom. The number of fused-ring (bicyclic) bond motifs is 1. The summed E-state index contributed by atoms with van der Waals surface area (Å²) in [7, 11) is 0. The van der Waals surface area contributed by atoms with Crippen molar-refractivity contribution in [3.8, 4) is 17.2 Å². The Kier molecular flexibility index (Phi) is 5.31. The highest BCUT2D eigenvalue weighted by Gasteiger charge is 2.34. The molecule has 0 fully saturated rings. The van der Waals surface area contributed by atoms with Crippen molar-refractivity contribution in [1.82, 2.24) is 9.88 Å². The second kappa shape index (κ2) is 7.80. The average molecular weight is 504 g/mol. The number of halogens is 7. The molecule has 1 aliphatic heterocycles. The Labute approximate surface area is 189 Å². The van der Waals surface area contributed by atoms with Crippen LogP contribution < -0.4 is 21.3 Å². The van der Waals surface area contributed by atoms with Crippen LogP contribution in [0.2, 0.25) is 5.02 Å². The Morgan fingerprint density at radius 3 is 2.12 bits per heavy atom. The molecule has 14 heteroatoms. The lowest BCUT2D eigenvalue weighted by molar-refractivity contribution is -0.138. The van der Waals surface area contributed by atoms with Crippen molar-refractivity contribution in [2.75, 3.05) is 5.73 Å². The third kappa shape index (κ3) is 3.73. The van der Waals surface area contributed by atoms with Crippen LogP contribution in [0.1, 0.15) is 26.3 Å². The number of pyridine rings is 1. The number of carbonyl (C=O) groups excluding carboxylic acids is 2. The molecule has 2 heterocycles. The maximum atomic E-state index is 14.7. The first-order valence-corrected chi connectivity index (χ1v) is 9.32. The summed E-state index contributed by atoms with van der Waals surface area (Å²) in [5.41, 5.74) is 1.69. The lowest BCUT2D eigenvalue weighted by Gasteiger charge is -2.16. The van der Waals surface area contributed by atoms with Gasteiger partial charge in [-0.15, -0.1) is 0 Å². The Morgan fingerprint density at radius 1 is 0.912 bits per heavy atom. The van der Waals surface area contributed by atoms with Crippen LogP contribution >= 0.6 is 11.6 Å². The van der Waals surface area contributed by atoms with E-state index in [2.05, 4.69) is 0 Å². The summed E-state index contributed by atoms with van der Waals surface area (Å²) in [4.78, 5) is 36.3. The van der Waals surface area contributed by atoms with Gasteiger partial charge in [-0.3, -0.25) is 24.3 Å². The van der Waals surface area contributed by atoms with E-state index in [-0.39, 0.29) is 17.7 Å². The first kappa shape index (κ1) is 23.2. The number of alkyl halides is 3. The van der Waals surface area contributed by atoms with Crippen molar-refractivity contribution in [2.45, 2.75) is 6.18 Å². The smallest absolute Gasteiger partial charge is 0.416 e. The molecule has 0 atom stereocenters. The third-order valence-corrected chi connectivity index (χ3v) is 5.03. The number of ether oxygens (including phenoxy) is 1. The van der Waals surface area contributed by atoms with Crippen molar-refractivity contribution in [3.05, 3.63) is 79.9 Å². The van der Waals surface area contributed by atoms with Gasteiger partial charge in [0, 0.05) is 12.1 Å². The average Bonchev–Trinajstić information content (AvgIpc) is 2.99. The van der Waals surface area contributed by atoms with Gasteiger partial charge in [0.15, 0.2) is 17.4 Å². The number of carbonyl (C=O) groups is 2. The molecule has 1 aliphatic rings. The van der Waals surface area contributed by atoms with Crippen molar-refractivity contribution in [2.24, 2.45) is 0 Å². The predicted molar refractivity (Wildman–Crippen MR) is 105 cm³/mol. The monoisotopic (exact) mass is 503 g/mol. The Hall–Kier alpha value is -4.00. The molecule has 2 aromatic carbocycles. The van der Waals surface area contributed by atoms with Gasteiger partial charge in [0.25, 0.3) is 17.4 Å². The SMILES string of the molecule is Nc1c2c(cc(=O)n1-c1cc(Oc3c(F)cc(C(F)(F)F)cc3F)c(Cl)cc1F)C(=O)NC2=O. The molecule has 3 aromatic rings. The van der Waals surface area contributed by atoms with E-state index in [0.717, 1.165) is 6.07 Å². The highest BCUT2D eigenvalue weighted by atomic mass is 35.5. The third-order valence-electron chi connectivity index (χ3n) is 4.73. The van der Waals surface area contributed by atoms with Gasteiger partial charge >= 0.3 is 6.18 Å². The zero-order valence-electron chi connectivity index (χ0n) is 16.2. The summed E-state index contributed by atoms with van der Waals surface area (Å²) >= 11 is 5.85. The van der Waals surface area contributed by atoms with Crippen LogP contribution in [0.15, 0.2) is 35.1 Å². The van der Waals surface area contributed by atoms with Gasteiger partial charge in [-0.1, -0.05) is 11.6 Å². The molecule has 1 aromatic heterocycles. The molecule has 0 spiro atoms. The second-order valence-corrected chi connectivity index (χ2v) is 7.29. The molecule has 0 bridgehead atoms.